The number of rotatable bonds is 6. The summed E-state index contributed by atoms with van der Waals surface area (Å²) in [7, 11) is 1.74. The second-order valence-corrected chi connectivity index (χ2v) is 5.74. The Labute approximate surface area is 129 Å². The van der Waals surface area contributed by atoms with Crippen LogP contribution < -0.4 is 4.74 Å². The Balaban J connectivity index is 2.04. The van der Waals surface area contributed by atoms with Crippen LogP contribution in [0.3, 0.4) is 0 Å². The van der Waals surface area contributed by atoms with Gasteiger partial charge in [-0.3, -0.25) is 0 Å². The highest BCUT2D eigenvalue weighted by Gasteiger charge is 2.06. The molecule has 21 heavy (non-hydrogen) atoms. The largest absolute Gasteiger partial charge is 0.496 e. The van der Waals surface area contributed by atoms with Gasteiger partial charge in [0.1, 0.15) is 5.75 Å². The van der Waals surface area contributed by atoms with Gasteiger partial charge < -0.3 is 4.74 Å². The Morgan fingerprint density at radius 3 is 1.95 bits per heavy atom. The van der Waals surface area contributed by atoms with Crippen LogP contribution in [0.2, 0.25) is 0 Å². The van der Waals surface area contributed by atoms with Crippen LogP contribution in [-0.4, -0.2) is 7.11 Å². The molecule has 0 radical (unpaired) electrons. The lowest BCUT2D eigenvalue weighted by Gasteiger charge is -2.12. The van der Waals surface area contributed by atoms with E-state index < -0.39 is 0 Å². The van der Waals surface area contributed by atoms with Gasteiger partial charge in [-0.1, -0.05) is 43.7 Å². The van der Waals surface area contributed by atoms with Crippen molar-refractivity contribution >= 4 is 0 Å². The number of hydrogen-bond acceptors (Lipinski definition) is 1. The predicted molar refractivity (Wildman–Crippen MR) is 90.3 cm³/mol. The van der Waals surface area contributed by atoms with Gasteiger partial charge in [-0.15, -0.1) is 0 Å². The molecule has 0 unspecified atom stereocenters. The molecule has 0 N–H and O–H groups in total. The summed E-state index contributed by atoms with van der Waals surface area (Å²) in [6.07, 6.45) is 4.57. The highest BCUT2D eigenvalue weighted by atomic mass is 16.5. The minimum Gasteiger partial charge on any atom is -0.496 e. The van der Waals surface area contributed by atoms with Gasteiger partial charge in [0.05, 0.1) is 7.11 Å². The van der Waals surface area contributed by atoms with Crippen molar-refractivity contribution in [1.82, 2.24) is 0 Å². The van der Waals surface area contributed by atoms with E-state index in [9.17, 15) is 0 Å². The molecule has 0 aliphatic carbocycles. The standard InChI is InChI=1S/C20H26O/c1-5-6-17-7-9-18(10-8-17)11-12-19-13-14-20(21-4)16(3)15(19)2/h7-10,13-14H,5-6,11-12H2,1-4H3. The molecule has 1 nitrogen and oxygen atoms in total. The number of benzene rings is 2. The Kier molecular flexibility index (Phi) is 5.44. The molecule has 0 saturated heterocycles. The Bertz CT molecular complexity index is 582. The maximum absolute atomic E-state index is 5.38. The first-order valence-corrected chi connectivity index (χ1v) is 7.86. The van der Waals surface area contributed by atoms with Crippen LogP contribution in [0.1, 0.15) is 41.2 Å². The second-order valence-electron chi connectivity index (χ2n) is 5.74. The molecule has 0 saturated carbocycles. The second kappa shape index (κ2) is 7.31. The molecule has 0 heterocycles. The predicted octanol–water partition coefficient (Wildman–Crippen LogP) is 5.05. The average Bonchev–Trinajstić information content (AvgIpc) is 2.50. The van der Waals surface area contributed by atoms with E-state index in [1.807, 2.05) is 0 Å². The fourth-order valence-electron chi connectivity index (χ4n) is 2.78. The van der Waals surface area contributed by atoms with Crippen molar-refractivity contribution in [2.45, 2.75) is 46.5 Å². The van der Waals surface area contributed by atoms with Crippen LogP contribution >= 0.6 is 0 Å². The first kappa shape index (κ1) is 15.6. The third-order valence-electron chi connectivity index (χ3n) is 4.31. The molecule has 2 aromatic carbocycles. The fourth-order valence-corrected chi connectivity index (χ4v) is 2.78. The number of methoxy groups -OCH3 is 1. The summed E-state index contributed by atoms with van der Waals surface area (Å²) in [5.41, 5.74) is 6.90. The zero-order valence-corrected chi connectivity index (χ0v) is 13.7. The van der Waals surface area contributed by atoms with Gasteiger partial charge in [0.2, 0.25) is 0 Å². The highest BCUT2D eigenvalue weighted by molar-refractivity contribution is 5.43. The molecule has 0 aliphatic heterocycles. The minimum absolute atomic E-state index is 0.986. The maximum Gasteiger partial charge on any atom is 0.122 e. The van der Waals surface area contributed by atoms with Crippen molar-refractivity contribution in [2.75, 3.05) is 7.11 Å². The van der Waals surface area contributed by atoms with Crippen LogP contribution in [0, 0.1) is 13.8 Å². The average molecular weight is 282 g/mol. The highest BCUT2D eigenvalue weighted by Crippen LogP contribution is 2.24. The van der Waals surface area contributed by atoms with Crippen molar-refractivity contribution in [3.05, 3.63) is 64.2 Å². The summed E-state index contributed by atoms with van der Waals surface area (Å²) < 4.78 is 5.38. The molecule has 0 spiro atoms. The van der Waals surface area contributed by atoms with Gasteiger partial charge >= 0.3 is 0 Å². The zero-order valence-electron chi connectivity index (χ0n) is 13.7. The summed E-state index contributed by atoms with van der Waals surface area (Å²) in [5.74, 6) is 0.986. The summed E-state index contributed by atoms with van der Waals surface area (Å²) in [6.45, 7) is 6.55. The molecule has 0 fully saturated rings. The van der Waals surface area contributed by atoms with Crippen LogP contribution in [0.15, 0.2) is 36.4 Å². The number of aryl methyl sites for hydroxylation is 3. The molecule has 112 valence electrons. The van der Waals surface area contributed by atoms with E-state index in [0.717, 1.165) is 18.6 Å². The van der Waals surface area contributed by atoms with Gasteiger partial charge in [-0.05, 0) is 67.0 Å². The third-order valence-corrected chi connectivity index (χ3v) is 4.31. The maximum atomic E-state index is 5.38. The number of ether oxygens (including phenoxy) is 1. The SMILES string of the molecule is CCCc1ccc(CCc2ccc(OC)c(C)c2C)cc1. The monoisotopic (exact) mass is 282 g/mol. The van der Waals surface area contributed by atoms with Crippen molar-refractivity contribution in [2.24, 2.45) is 0 Å². The van der Waals surface area contributed by atoms with E-state index in [4.69, 9.17) is 4.74 Å². The van der Waals surface area contributed by atoms with E-state index in [0.29, 0.717) is 0 Å². The Morgan fingerprint density at radius 2 is 1.38 bits per heavy atom. The van der Waals surface area contributed by atoms with Gasteiger partial charge in [0.15, 0.2) is 0 Å². The molecule has 0 bridgehead atoms. The summed E-state index contributed by atoms with van der Waals surface area (Å²) >= 11 is 0. The Hall–Kier alpha value is -1.76. The van der Waals surface area contributed by atoms with E-state index in [2.05, 4.69) is 57.2 Å². The summed E-state index contributed by atoms with van der Waals surface area (Å²) in [6, 6.07) is 13.4. The molecule has 2 rings (SSSR count). The first-order valence-electron chi connectivity index (χ1n) is 7.86. The lowest BCUT2D eigenvalue weighted by Crippen LogP contribution is -1.98. The van der Waals surface area contributed by atoms with Crippen LogP contribution in [-0.2, 0) is 19.3 Å². The van der Waals surface area contributed by atoms with E-state index in [1.54, 1.807) is 7.11 Å². The number of hydrogen-bond donors (Lipinski definition) is 0. The van der Waals surface area contributed by atoms with Gasteiger partial charge in [0.25, 0.3) is 0 Å². The van der Waals surface area contributed by atoms with Gasteiger partial charge in [-0.25, -0.2) is 0 Å². The van der Waals surface area contributed by atoms with Crippen LogP contribution in [0.4, 0.5) is 0 Å². The van der Waals surface area contributed by atoms with Crippen molar-refractivity contribution in [3.8, 4) is 5.75 Å². The van der Waals surface area contributed by atoms with Crippen molar-refractivity contribution < 1.29 is 4.74 Å². The fraction of sp³-hybridized carbons (Fsp3) is 0.400. The molecule has 0 atom stereocenters. The molecular weight excluding hydrogens is 256 g/mol. The van der Waals surface area contributed by atoms with E-state index >= 15 is 0 Å². The lowest BCUT2D eigenvalue weighted by atomic mass is 9.96. The Morgan fingerprint density at radius 1 is 0.762 bits per heavy atom. The molecule has 0 amide bonds. The topological polar surface area (TPSA) is 9.23 Å². The lowest BCUT2D eigenvalue weighted by molar-refractivity contribution is 0.411. The molecule has 0 aromatic heterocycles. The van der Waals surface area contributed by atoms with Crippen LogP contribution in [0.5, 0.6) is 5.75 Å². The van der Waals surface area contributed by atoms with Gasteiger partial charge in [0, 0.05) is 0 Å². The first-order chi connectivity index (χ1) is 10.2. The molecule has 0 aliphatic rings. The molecule has 1 heteroatoms. The molecular formula is C20H26O. The van der Waals surface area contributed by atoms with Gasteiger partial charge in [-0.2, -0.15) is 0 Å². The van der Waals surface area contributed by atoms with E-state index in [1.165, 1.54) is 40.7 Å². The van der Waals surface area contributed by atoms with E-state index in [-0.39, 0.29) is 0 Å². The third kappa shape index (κ3) is 3.87. The minimum atomic E-state index is 0.986. The smallest absolute Gasteiger partial charge is 0.122 e. The quantitative estimate of drug-likeness (QED) is 0.720. The molecule has 2 aromatic rings. The summed E-state index contributed by atoms with van der Waals surface area (Å²) in [5, 5.41) is 0. The van der Waals surface area contributed by atoms with Crippen molar-refractivity contribution in [3.63, 3.8) is 0 Å². The summed E-state index contributed by atoms with van der Waals surface area (Å²) in [4.78, 5) is 0. The van der Waals surface area contributed by atoms with Crippen molar-refractivity contribution in [1.29, 1.82) is 0 Å². The van der Waals surface area contributed by atoms with Crippen LogP contribution in [0.25, 0.3) is 0 Å². The zero-order chi connectivity index (χ0) is 15.2. The normalized spacial score (nSPS) is 10.7.